The highest BCUT2D eigenvalue weighted by molar-refractivity contribution is 5.87. The zero-order valence-electron chi connectivity index (χ0n) is 11.8. The molecule has 0 spiro atoms. The summed E-state index contributed by atoms with van der Waals surface area (Å²) in [7, 11) is 3.65. The second-order valence-electron chi connectivity index (χ2n) is 4.72. The number of carbonyl (C=O) groups is 1. The fourth-order valence-corrected chi connectivity index (χ4v) is 2.09. The van der Waals surface area contributed by atoms with Gasteiger partial charge < -0.3 is 10.0 Å². The number of aliphatic carboxylic acids is 1. The number of aromatic nitrogens is 2. The molecule has 2 aromatic rings. The number of rotatable bonds is 5. The normalized spacial score (nSPS) is 11.0. The van der Waals surface area contributed by atoms with Crippen LogP contribution in [0, 0.1) is 5.82 Å². The van der Waals surface area contributed by atoms with Crippen LogP contribution in [0.1, 0.15) is 11.1 Å². The predicted octanol–water partition coefficient (Wildman–Crippen LogP) is 2.29. The summed E-state index contributed by atoms with van der Waals surface area (Å²) in [6.45, 7) is 0.547. The van der Waals surface area contributed by atoms with Crippen molar-refractivity contribution >= 4 is 17.7 Å². The molecule has 1 aromatic carbocycles. The SMILES string of the molecule is CN(Cc1cnn(C)c1)c1cccc(F)c1/C=C/C(=O)O. The first kappa shape index (κ1) is 14.8. The van der Waals surface area contributed by atoms with E-state index in [4.69, 9.17) is 5.11 Å². The first-order chi connectivity index (χ1) is 9.97. The van der Waals surface area contributed by atoms with Gasteiger partial charge in [0, 0.05) is 49.7 Å². The number of carboxylic acids is 1. The smallest absolute Gasteiger partial charge is 0.328 e. The van der Waals surface area contributed by atoms with Crippen LogP contribution in [0.4, 0.5) is 10.1 Å². The lowest BCUT2D eigenvalue weighted by molar-refractivity contribution is -0.131. The quantitative estimate of drug-likeness (QED) is 0.858. The van der Waals surface area contributed by atoms with E-state index >= 15 is 0 Å². The predicted molar refractivity (Wildman–Crippen MR) is 78.4 cm³/mol. The Morgan fingerprint density at radius 3 is 2.90 bits per heavy atom. The Kier molecular flexibility index (Phi) is 4.37. The van der Waals surface area contributed by atoms with Crippen LogP contribution < -0.4 is 4.90 Å². The number of anilines is 1. The van der Waals surface area contributed by atoms with Crippen molar-refractivity contribution < 1.29 is 14.3 Å². The van der Waals surface area contributed by atoms with E-state index < -0.39 is 11.8 Å². The van der Waals surface area contributed by atoms with Crippen molar-refractivity contribution in [2.45, 2.75) is 6.54 Å². The lowest BCUT2D eigenvalue weighted by Crippen LogP contribution is -2.17. The zero-order valence-corrected chi connectivity index (χ0v) is 11.8. The summed E-state index contributed by atoms with van der Waals surface area (Å²) in [6.07, 6.45) is 5.82. The van der Waals surface area contributed by atoms with Crippen LogP contribution in [-0.4, -0.2) is 27.9 Å². The highest BCUT2D eigenvalue weighted by Gasteiger charge is 2.11. The lowest BCUT2D eigenvalue weighted by Gasteiger charge is -2.21. The Labute approximate surface area is 121 Å². The fraction of sp³-hybridized carbons (Fsp3) is 0.200. The van der Waals surface area contributed by atoms with Crippen LogP contribution in [0.25, 0.3) is 6.08 Å². The van der Waals surface area contributed by atoms with Crippen LogP contribution in [0.15, 0.2) is 36.7 Å². The Morgan fingerprint density at radius 1 is 1.52 bits per heavy atom. The van der Waals surface area contributed by atoms with Crippen molar-refractivity contribution in [1.29, 1.82) is 0 Å². The third-order valence-corrected chi connectivity index (χ3v) is 3.01. The number of halogens is 1. The molecule has 110 valence electrons. The third kappa shape index (κ3) is 3.68. The molecule has 0 aliphatic carbocycles. The minimum absolute atomic E-state index is 0.256. The standard InChI is InChI=1S/C15H16FN3O2/c1-18(9-11-8-17-19(2)10-11)14-5-3-4-13(16)12(14)6-7-15(20)21/h3-8,10H,9H2,1-2H3,(H,20,21)/b7-6+. The van der Waals surface area contributed by atoms with Gasteiger partial charge in [0.1, 0.15) is 5.82 Å². The summed E-state index contributed by atoms with van der Waals surface area (Å²) in [4.78, 5) is 12.5. The summed E-state index contributed by atoms with van der Waals surface area (Å²) in [5.41, 5.74) is 1.86. The number of hydrogen-bond acceptors (Lipinski definition) is 3. The molecule has 0 aliphatic rings. The first-order valence-corrected chi connectivity index (χ1v) is 6.35. The van der Waals surface area contributed by atoms with Gasteiger partial charge in [-0.25, -0.2) is 9.18 Å². The molecule has 0 amide bonds. The second kappa shape index (κ2) is 6.21. The van der Waals surface area contributed by atoms with E-state index in [-0.39, 0.29) is 5.56 Å². The molecule has 0 aliphatic heterocycles. The molecule has 0 saturated heterocycles. The van der Waals surface area contributed by atoms with E-state index in [9.17, 15) is 9.18 Å². The molecule has 6 heteroatoms. The molecule has 0 saturated carbocycles. The van der Waals surface area contributed by atoms with Gasteiger partial charge in [-0.15, -0.1) is 0 Å². The molecule has 1 heterocycles. The van der Waals surface area contributed by atoms with Crippen molar-refractivity contribution in [3.8, 4) is 0 Å². The minimum Gasteiger partial charge on any atom is -0.478 e. The highest BCUT2D eigenvalue weighted by Crippen LogP contribution is 2.25. The first-order valence-electron chi connectivity index (χ1n) is 6.35. The van der Waals surface area contributed by atoms with Crippen molar-refractivity contribution in [2.24, 2.45) is 7.05 Å². The molecule has 0 radical (unpaired) electrons. The van der Waals surface area contributed by atoms with Crippen LogP contribution in [0.2, 0.25) is 0 Å². The maximum absolute atomic E-state index is 13.9. The maximum Gasteiger partial charge on any atom is 0.328 e. The molecule has 0 atom stereocenters. The summed E-state index contributed by atoms with van der Waals surface area (Å²) >= 11 is 0. The molecular weight excluding hydrogens is 273 g/mol. The minimum atomic E-state index is -1.11. The van der Waals surface area contributed by atoms with Crippen molar-refractivity contribution in [3.05, 3.63) is 53.6 Å². The van der Waals surface area contributed by atoms with Gasteiger partial charge in [0.2, 0.25) is 0 Å². The van der Waals surface area contributed by atoms with Crippen molar-refractivity contribution in [3.63, 3.8) is 0 Å². The molecule has 1 aromatic heterocycles. The van der Waals surface area contributed by atoms with Gasteiger partial charge in [-0.1, -0.05) is 6.07 Å². The Balaban J connectivity index is 2.29. The van der Waals surface area contributed by atoms with Gasteiger partial charge in [0.05, 0.1) is 6.20 Å². The summed E-state index contributed by atoms with van der Waals surface area (Å²) in [5, 5.41) is 12.8. The molecule has 0 fully saturated rings. The van der Waals surface area contributed by atoms with E-state index in [1.807, 2.05) is 25.2 Å². The molecule has 5 nitrogen and oxygen atoms in total. The Hall–Kier alpha value is -2.63. The molecule has 1 N–H and O–H groups in total. The lowest BCUT2D eigenvalue weighted by atomic mass is 10.1. The van der Waals surface area contributed by atoms with Gasteiger partial charge >= 0.3 is 5.97 Å². The Morgan fingerprint density at radius 2 is 2.29 bits per heavy atom. The van der Waals surface area contributed by atoms with Gasteiger partial charge in [-0.05, 0) is 18.2 Å². The number of hydrogen-bond donors (Lipinski definition) is 1. The van der Waals surface area contributed by atoms with Gasteiger partial charge in [0.15, 0.2) is 0 Å². The van der Waals surface area contributed by atoms with Gasteiger partial charge in [-0.2, -0.15) is 5.10 Å². The maximum atomic E-state index is 13.9. The molecule has 0 unspecified atom stereocenters. The number of carboxylic acid groups (broad SMARTS) is 1. The second-order valence-corrected chi connectivity index (χ2v) is 4.72. The molecule has 2 rings (SSSR count). The number of benzene rings is 1. The molecular formula is C15H16FN3O2. The molecule has 0 bridgehead atoms. The third-order valence-electron chi connectivity index (χ3n) is 3.01. The van der Waals surface area contributed by atoms with Crippen LogP contribution in [0.3, 0.4) is 0 Å². The summed E-state index contributed by atoms with van der Waals surface area (Å²) in [6, 6.07) is 4.66. The zero-order chi connectivity index (χ0) is 15.4. The Bertz CT molecular complexity index is 679. The number of nitrogens with zero attached hydrogens (tertiary/aromatic N) is 3. The highest BCUT2D eigenvalue weighted by atomic mass is 19.1. The van der Waals surface area contributed by atoms with Gasteiger partial charge in [-0.3, -0.25) is 4.68 Å². The summed E-state index contributed by atoms with van der Waals surface area (Å²) in [5.74, 6) is -1.57. The van der Waals surface area contributed by atoms with Gasteiger partial charge in [0.25, 0.3) is 0 Å². The topological polar surface area (TPSA) is 58.4 Å². The average Bonchev–Trinajstić information content (AvgIpc) is 2.82. The largest absolute Gasteiger partial charge is 0.478 e. The van der Waals surface area contributed by atoms with Crippen LogP contribution in [-0.2, 0) is 18.4 Å². The van der Waals surface area contributed by atoms with Crippen molar-refractivity contribution in [2.75, 3.05) is 11.9 Å². The monoisotopic (exact) mass is 289 g/mol. The van der Waals surface area contributed by atoms with Crippen LogP contribution in [0.5, 0.6) is 0 Å². The fourth-order valence-electron chi connectivity index (χ4n) is 2.09. The van der Waals surface area contributed by atoms with E-state index in [1.165, 1.54) is 12.1 Å². The average molecular weight is 289 g/mol. The molecule has 21 heavy (non-hydrogen) atoms. The van der Waals surface area contributed by atoms with E-state index in [0.717, 1.165) is 11.6 Å². The van der Waals surface area contributed by atoms with E-state index in [1.54, 1.807) is 23.0 Å². The summed E-state index contributed by atoms with van der Waals surface area (Å²) < 4.78 is 15.6. The number of aryl methyl sites for hydroxylation is 1. The van der Waals surface area contributed by atoms with Crippen molar-refractivity contribution in [1.82, 2.24) is 9.78 Å². The van der Waals surface area contributed by atoms with Crippen LogP contribution >= 0.6 is 0 Å². The van der Waals surface area contributed by atoms with E-state index in [2.05, 4.69) is 5.10 Å². The van der Waals surface area contributed by atoms with E-state index in [0.29, 0.717) is 12.2 Å².